The summed E-state index contributed by atoms with van der Waals surface area (Å²) in [5.41, 5.74) is 0.965. The zero-order valence-corrected chi connectivity index (χ0v) is 11.2. The van der Waals surface area contributed by atoms with E-state index >= 15 is 0 Å². The molecule has 2 fully saturated rings. The first-order valence-corrected chi connectivity index (χ1v) is 6.74. The molecule has 3 heterocycles. The van der Waals surface area contributed by atoms with Crippen molar-refractivity contribution in [2.24, 2.45) is 12.5 Å². The molecule has 19 heavy (non-hydrogen) atoms. The molecule has 1 aromatic heterocycles. The number of nitrogens with zero attached hydrogens (tertiary/aromatic N) is 4. The summed E-state index contributed by atoms with van der Waals surface area (Å²) in [6, 6.07) is 0. The third-order valence-electron chi connectivity index (χ3n) is 4.26. The van der Waals surface area contributed by atoms with Crippen LogP contribution in [0.25, 0.3) is 0 Å². The predicted molar refractivity (Wildman–Crippen MR) is 70.8 cm³/mol. The van der Waals surface area contributed by atoms with E-state index in [9.17, 15) is 4.79 Å². The van der Waals surface area contributed by atoms with Crippen LogP contribution in [-0.2, 0) is 11.8 Å². The molecular formula is C13H20N4O2. The van der Waals surface area contributed by atoms with Crippen molar-refractivity contribution in [1.29, 1.82) is 0 Å². The summed E-state index contributed by atoms with van der Waals surface area (Å²) in [4.78, 5) is 16.3. The van der Waals surface area contributed by atoms with Crippen LogP contribution in [-0.4, -0.2) is 58.5 Å². The number of aliphatic hydroxyl groups excluding tert-OH is 1. The van der Waals surface area contributed by atoms with Crippen molar-refractivity contribution in [2.75, 3.05) is 37.7 Å². The minimum Gasteiger partial charge on any atom is -0.395 e. The standard InChI is InChI=1S/C13H20N4O2/c1-15-8-11(7-14-15)17-10-13(6-12(17)19)2-3-16(9-13)4-5-18/h7-8,18H,2-6,9-10H2,1H3. The van der Waals surface area contributed by atoms with Gasteiger partial charge in [-0.05, 0) is 13.0 Å². The number of aliphatic hydroxyl groups is 1. The second-order valence-electron chi connectivity index (χ2n) is 5.78. The van der Waals surface area contributed by atoms with E-state index in [-0.39, 0.29) is 17.9 Å². The largest absolute Gasteiger partial charge is 0.395 e. The fourth-order valence-corrected chi connectivity index (χ4v) is 3.31. The van der Waals surface area contributed by atoms with Crippen LogP contribution < -0.4 is 4.90 Å². The summed E-state index contributed by atoms with van der Waals surface area (Å²) in [7, 11) is 1.86. The Morgan fingerprint density at radius 3 is 3.00 bits per heavy atom. The summed E-state index contributed by atoms with van der Waals surface area (Å²) in [5.74, 6) is 0.193. The maximum atomic E-state index is 12.2. The highest BCUT2D eigenvalue weighted by Crippen LogP contribution is 2.41. The maximum absolute atomic E-state index is 12.2. The number of carbonyl (C=O) groups excluding carboxylic acids is 1. The molecule has 1 atom stereocenters. The topological polar surface area (TPSA) is 61.6 Å². The smallest absolute Gasteiger partial charge is 0.227 e. The van der Waals surface area contributed by atoms with E-state index in [0.29, 0.717) is 13.0 Å². The molecule has 6 heteroatoms. The molecule has 1 N–H and O–H groups in total. The fourth-order valence-electron chi connectivity index (χ4n) is 3.31. The summed E-state index contributed by atoms with van der Waals surface area (Å²) in [5, 5.41) is 13.1. The number of aryl methyl sites for hydroxylation is 1. The van der Waals surface area contributed by atoms with Crippen LogP contribution in [0.4, 0.5) is 5.69 Å². The second kappa shape index (κ2) is 4.61. The van der Waals surface area contributed by atoms with Gasteiger partial charge >= 0.3 is 0 Å². The SMILES string of the molecule is Cn1cc(N2CC3(CCN(CCO)C3)CC2=O)cn1. The van der Waals surface area contributed by atoms with Crippen molar-refractivity contribution in [3.05, 3.63) is 12.4 Å². The molecule has 0 saturated carbocycles. The van der Waals surface area contributed by atoms with E-state index < -0.39 is 0 Å². The minimum absolute atomic E-state index is 0.0715. The van der Waals surface area contributed by atoms with Crippen molar-refractivity contribution < 1.29 is 9.90 Å². The van der Waals surface area contributed by atoms with Crippen molar-refractivity contribution in [2.45, 2.75) is 12.8 Å². The van der Waals surface area contributed by atoms with Gasteiger partial charge in [-0.2, -0.15) is 5.10 Å². The predicted octanol–water partition coefficient (Wildman–Crippen LogP) is -0.159. The summed E-state index contributed by atoms with van der Waals surface area (Å²) < 4.78 is 1.72. The first-order chi connectivity index (χ1) is 9.12. The number of likely N-dealkylation sites (tertiary alicyclic amines) is 1. The van der Waals surface area contributed by atoms with Gasteiger partial charge in [-0.1, -0.05) is 0 Å². The first kappa shape index (κ1) is 12.6. The highest BCUT2D eigenvalue weighted by Gasteiger charge is 2.47. The molecule has 0 bridgehead atoms. The first-order valence-electron chi connectivity index (χ1n) is 6.74. The van der Waals surface area contributed by atoms with Crippen LogP contribution in [0.1, 0.15) is 12.8 Å². The Kier molecular flexibility index (Phi) is 3.06. The van der Waals surface area contributed by atoms with Crippen molar-refractivity contribution in [1.82, 2.24) is 14.7 Å². The number of hydrogen-bond acceptors (Lipinski definition) is 4. The van der Waals surface area contributed by atoms with Gasteiger partial charge in [-0.15, -0.1) is 0 Å². The van der Waals surface area contributed by atoms with Gasteiger partial charge in [0, 0.05) is 44.7 Å². The second-order valence-corrected chi connectivity index (χ2v) is 5.78. The van der Waals surface area contributed by atoms with Gasteiger partial charge in [-0.3, -0.25) is 9.48 Å². The Labute approximate surface area is 112 Å². The molecule has 0 aromatic carbocycles. The third kappa shape index (κ3) is 2.26. The number of carbonyl (C=O) groups is 1. The summed E-state index contributed by atoms with van der Waals surface area (Å²) in [6.45, 7) is 3.57. The van der Waals surface area contributed by atoms with Gasteiger partial charge in [0.1, 0.15) is 0 Å². The Hall–Kier alpha value is -1.40. The van der Waals surface area contributed by atoms with E-state index in [1.165, 1.54) is 0 Å². The summed E-state index contributed by atoms with van der Waals surface area (Å²) in [6.07, 6.45) is 5.29. The van der Waals surface area contributed by atoms with Gasteiger partial charge < -0.3 is 14.9 Å². The summed E-state index contributed by atoms with van der Waals surface area (Å²) >= 11 is 0. The van der Waals surface area contributed by atoms with Crippen LogP contribution in [0.5, 0.6) is 0 Å². The van der Waals surface area contributed by atoms with Crippen molar-refractivity contribution in [3.63, 3.8) is 0 Å². The number of anilines is 1. The lowest BCUT2D eigenvalue weighted by Crippen LogP contribution is -2.32. The molecule has 1 amide bonds. The maximum Gasteiger partial charge on any atom is 0.227 e. The molecule has 0 aliphatic carbocycles. The lowest BCUT2D eigenvalue weighted by Gasteiger charge is -2.23. The number of rotatable bonds is 3. The van der Waals surface area contributed by atoms with Gasteiger partial charge in [0.2, 0.25) is 5.91 Å². The molecule has 2 saturated heterocycles. The number of β-amino-alcohol motifs (C(OH)–C–C–N with tert-alkyl or cyclic N) is 1. The van der Waals surface area contributed by atoms with Gasteiger partial charge in [0.05, 0.1) is 18.5 Å². The number of amides is 1. The minimum atomic E-state index is 0.0715. The third-order valence-corrected chi connectivity index (χ3v) is 4.26. The van der Waals surface area contributed by atoms with Gasteiger partial charge in [0.25, 0.3) is 0 Å². The van der Waals surface area contributed by atoms with Crippen LogP contribution in [0.15, 0.2) is 12.4 Å². The number of hydrogen-bond donors (Lipinski definition) is 1. The number of aromatic nitrogens is 2. The molecule has 2 aliphatic rings. The average Bonchev–Trinajstić information content (AvgIpc) is 3.02. The molecule has 1 aromatic rings. The lowest BCUT2D eigenvalue weighted by atomic mass is 9.86. The molecule has 3 rings (SSSR count). The van der Waals surface area contributed by atoms with E-state index in [0.717, 1.165) is 31.7 Å². The zero-order valence-electron chi connectivity index (χ0n) is 11.2. The van der Waals surface area contributed by atoms with Crippen molar-refractivity contribution >= 4 is 11.6 Å². The highest BCUT2D eigenvalue weighted by atomic mass is 16.3. The van der Waals surface area contributed by atoms with E-state index in [4.69, 9.17) is 5.11 Å². The Morgan fingerprint density at radius 2 is 2.32 bits per heavy atom. The lowest BCUT2D eigenvalue weighted by molar-refractivity contribution is -0.117. The molecule has 2 aliphatic heterocycles. The van der Waals surface area contributed by atoms with Crippen LogP contribution in [0.3, 0.4) is 0 Å². The average molecular weight is 264 g/mol. The molecular weight excluding hydrogens is 244 g/mol. The monoisotopic (exact) mass is 264 g/mol. The molecule has 0 radical (unpaired) electrons. The highest BCUT2D eigenvalue weighted by molar-refractivity contribution is 5.96. The molecule has 104 valence electrons. The quantitative estimate of drug-likeness (QED) is 0.824. The van der Waals surface area contributed by atoms with Crippen LogP contribution in [0, 0.1) is 5.41 Å². The van der Waals surface area contributed by atoms with E-state index in [2.05, 4.69) is 10.00 Å². The zero-order chi connectivity index (χ0) is 13.5. The van der Waals surface area contributed by atoms with Crippen LogP contribution in [0.2, 0.25) is 0 Å². The van der Waals surface area contributed by atoms with E-state index in [1.54, 1.807) is 10.9 Å². The van der Waals surface area contributed by atoms with E-state index in [1.807, 2.05) is 18.1 Å². The van der Waals surface area contributed by atoms with Gasteiger partial charge in [0.15, 0.2) is 0 Å². The molecule has 6 nitrogen and oxygen atoms in total. The Morgan fingerprint density at radius 1 is 1.47 bits per heavy atom. The molecule has 1 unspecified atom stereocenters. The normalized spacial score (nSPS) is 27.9. The molecule has 1 spiro atoms. The van der Waals surface area contributed by atoms with Gasteiger partial charge in [-0.25, -0.2) is 0 Å². The Bertz CT molecular complexity index is 487. The Balaban J connectivity index is 1.73. The fraction of sp³-hybridized carbons (Fsp3) is 0.692. The van der Waals surface area contributed by atoms with Crippen molar-refractivity contribution in [3.8, 4) is 0 Å². The van der Waals surface area contributed by atoms with Crippen LogP contribution >= 0.6 is 0 Å².